The van der Waals surface area contributed by atoms with Gasteiger partial charge in [-0.15, -0.1) is 0 Å². The van der Waals surface area contributed by atoms with Gasteiger partial charge < -0.3 is 20.3 Å². The second-order valence-corrected chi connectivity index (χ2v) is 8.23. The number of nitrogens with one attached hydrogen (secondary N) is 1. The van der Waals surface area contributed by atoms with Crippen LogP contribution in [0, 0.1) is 6.92 Å². The van der Waals surface area contributed by atoms with Crippen LogP contribution >= 0.6 is 0 Å². The quantitative estimate of drug-likeness (QED) is 0.285. The number of carbonyl (C=O) groups is 2. The number of aliphatic carboxylic acids is 1. The number of nitrogens with two attached hydrogens (primary N) is 1. The van der Waals surface area contributed by atoms with E-state index in [2.05, 4.69) is 15.2 Å². The van der Waals surface area contributed by atoms with E-state index in [1.807, 2.05) is 43.3 Å². The molecule has 1 amide bonds. The average molecular weight is 487 g/mol. The number of rotatable bonds is 11. The molecule has 4 aromatic rings. The Morgan fingerprint density at radius 1 is 1.11 bits per heavy atom. The van der Waals surface area contributed by atoms with Gasteiger partial charge >= 0.3 is 5.97 Å². The van der Waals surface area contributed by atoms with Crippen LogP contribution < -0.4 is 15.2 Å². The number of hydrogen-bond acceptors (Lipinski definition) is 6. The highest BCUT2D eigenvalue weighted by Gasteiger charge is 2.21. The first kappa shape index (κ1) is 24.5. The number of pyridine rings is 1. The summed E-state index contributed by atoms with van der Waals surface area (Å²) in [4.78, 5) is 27.1. The highest BCUT2D eigenvalue weighted by Crippen LogP contribution is 2.37. The molecule has 4 rings (SSSR count). The Morgan fingerprint density at radius 3 is 2.64 bits per heavy atom. The number of hydrogen-bond donors (Lipinski definition) is 3. The summed E-state index contributed by atoms with van der Waals surface area (Å²) in [6.07, 6.45) is 3.06. The molecule has 0 aliphatic carbocycles. The van der Waals surface area contributed by atoms with Crippen LogP contribution in [0.1, 0.15) is 46.1 Å². The predicted molar refractivity (Wildman–Crippen MR) is 133 cm³/mol. The number of H-pyrrole nitrogens is 1. The fraction of sp³-hybridized carbons (Fsp3) is 0.185. The zero-order valence-corrected chi connectivity index (χ0v) is 19.7. The number of benzene rings is 2. The lowest BCUT2D eigenvalue weighted by molar-refractivity contribution is -0.137. The molecular weight excluding hydrogens is 460 g/mol. The highest BCUT2D eigenvalue weighted by molar-refractivity contribution is 5.92. The van der Waals surface area contributed by atoms with Gasteiger partial charge in [-0.1, -0.05) is 30.3 Å². The van der Waals surface area contributed by atoms with Crippen LogP contribution in [0.4, 0.5) is 0 Å². The van der Waals surface area contributed by atoms with E-state index >= 15 is 0 Å². The number of aryl methyl sites for hydroxylation is 1. The molecule has 36 heavy (non-hydrogen) atoms. The minimum Gasteiger partial charge on any atom is -0.489 e. The normalized spacial score (nSPS) is 11.6. The maximum absolute atomic E-state index is 11.6. The van der Waals surface area contributed by atoms with E-state index in [-0.39, 0.29) is 18.5 Å². The summed E-state index contributed by atoms with van der Waals surface area (Å²) < 4.78 is 12.4. The van der Waals surface area contributed by atoms with Gasteiger partial charge in [0.1, 0.15) is 29.9 Å². The Kier molecular flexibility index (Phi) is 7.60. The van der Waals surface area contributed by atoms with Crippen molar-refractivity contribution in [1.29, 1.82) is 0 Å². The molecule has 0 saturated carbocycles. The number of aromatic amines is 1. The molecule has 9 nitrogen and oxygen atoms in total. The predicted octanol–water partition coefficient (Wildman–Crippen LogP) is 4.44. The second kappa shape index (κ2) is 11.2. The van der Waals surface area contributed by atoms with E-state index in [4.69, 9.17) is 15.2 Å². The third-order valence-corrected chi connectivity index (χ3v) is 5.63. The number of amides is 1. The van der Waals surface area contributed by atoms with Crippen LogP contribution in [0.5, 0.6) is 11.5 Å². The molecular formula is C27H26N4O5. The first-order valence-electron chi connectivity index (χ1n) is 11.4. The van der Waals surface area contributed by atoms with E-state index in [1.165, 1.54) is 0 Å². The molecule has 4 N–H and O–H groups in total. The van der Waals surface area contributed by atoms with Gasteiger partial charge in [0.15, 0.2) is 0 Å². The van der Waals surface area contributed by atoms with E-state index in [0.29, 0.717) is 29.4 Å². The summed E-state index contributed by atoms with van der Waals surface area (Å²) in [7, 11) is 0. The standard InChI is InChI=1S/C27H26N4O5/c1-17-5-2-3-7-20(17)24(10-11-26(32)33)36-25-13-19(35-16-18-6-4-12-29-15-18)8-9-21(25)22-14-23(27(28)34)31-30-22/h2-9,12-15,24H,10-11,16H2,1H3,(H2,28,34)(H,30,31)(H,32,33). The summed E-state index contributed by atoms with van der Waals surface area (Å²) in [6.45, 7) is 2.26. The van der Waals surface area contributed by atoms with E-state index in [0.717, 1.165) is 16.7 Å². The van der Waals surface area contributed by atoms with Crippen LogP contribution in [0.15, 0.2) is 73.1 Å². The summed E-state index contributed by atoms with van der Waals surface area (Å²) in [5.41, 5.74) is 9.36. The van der Waals surface area contributed by atoms with Gasteiger partial charge in [0.25, 0.3) is 5.91 Å². The molecule has 0 spiro atoms. The summed E-state index contributed by atoms with van der Waals surface area (Å²) in [5.74, 6) is -0.568. The lowest BCUT2D eigenvalue weighted by atomic mass is 9.99. The molecule has 0 saturated heterocycles. The highest BCUT2D eigenvalue weighted by atomic mass is 16.5. The Labute approximate surface area is 207 Å². The molecule has 2 heterocycles. The zero-order chi connectivity index (χ0) is 25.5. The molecule has 2 aromatic carbocycles. The van der Waals surface area contributed by atoms with Crippen molar-refractivity contribution in [3.05, 3.63) is 95.4 Å². The SMILES string of the molecule is Cc1ccccc1C(CCC(=O)O)Oc1cc(OCc2cccnc2)ccc1-c1cc(C(N)=O)[nH]n1. The van der Waals surface area contributed by atoms with Gasteiger partial charge in [-0.3, -0.25) is 19.7 Å². The average Bonchev–Trinajstić information content (AvgIpc) is 3.37. The molecule has 0 aliphatic heterocycles. The molecule has 0 radical (unpaired) electrons. The van der Waals surface area contributed by atoms with Gasteiger partial charge in [0.2, 0.25) is 0 Å². The lowest BCUT2D eigenvalue weighted by Crippen LogP contribution is -2.12. The number of carboxylic acid groups (broad SMARTS) is 1. The molecule has 0 fully saturated rings. The Bertz CT molecular complexity index is 1350. The number of carboxylic acids is 1. The van der Waals surface area contributed by atoms with Crippen molar-refractivity contribution in [3.8, 4) is 22.8 Å². The Balaban J connectivity index is 1.70. The minimum atomic E-state index is -0.913. The van der Waals surface area contributed by atoms with Gasteiger partial charge in [0, 0.05) is 36.0 Å². The summed E-state index contributed by atoms with van der Waals surface area (Å²) in [5, 5.41) is 16.2. The van der Waals surface area contributed by atoms with Crippen molar-refractivity contribution in [2.24, 2.45) is 5.73 Å². The Hall–Kier alpha value is -4.66. The molecule has 0 aliphatic rings. The fourth-order valence-corrected chi connectivity index (χ4v) is 3.77. The smallest absolute Gasteiger partial charge is 0.303 e. The topological polar surface area (TPSA) is 140 Å². The molecule has 0 bridgehead atoms. The zero-order valence-electron chi connectivity index (χ0n) is 19.7. The van der Waals surface area contributed by atoms with Crippen LogP contribution in [0.25, 0.3) is 11.3 Å². The summed E-state index contributed by atoms with van der Waals surface area (Å²) >= 11 is 0. The van der Waals surface area contributed by atoms with Crippen molar-refractivity contribution in [1.82, 2.24) is 15.2 Å². The number of ether oxygens (including phenoxy) is 2. The third-order valence-electron chi connectivity index (χ3n) is 5.63. The lowest BCUT2D eigenvalue weighted by Gasteiger charge is -2.23. The maximum atomic E-state index is 11.6. The third kappa shape index (κ3) is 6.06. The van der Waals surface area contributed by atoms with E-state index in [9.17, 15) is 14.7 Å². The van der Waals surface area contributed by atoms with Crippen molar-refractivity contribution in [2.45, 2.75) is 32.5 Å². The van der Waals surface area contributed by atoms with Crippen molar-refractivity contribution in [3.63, 3.8) is 0 Å². The first-order chi connectivity index (χ1) is 17.4. The number of aromatic nitrogens is 3. The largest absolute Gasteiger partial charge is 0.489 e. The van der Waals surface area contributed by atoms with Gasteiger partial charge in [-0.05, 0) is 48.7 Å². The number of carbonyl (C=O) groups excluding carboxylic acids is 1. The van der Waals surface area contributed by atoms with Gasteiger partial charge in [-0.2, -0.15) is 5.10 Å². The maximum Gasteiger partial charge on any atom is 0.303 e. The molecule has 1 atom stereocenters. The minimum absolute atomic E-state index is 0.0697. The molecule has 9 heteroatoms. The van der Waals surface area contributed by atoms with Crippen LogP contribution in [0.2, 0.25) is 0 Å². The monoisotopic (exact) mass is 486 g/mol. The summed E-state index contributed by atoms with van der Waals surface area (Å²) in [6, 6.07) is 18.3. The van der Waals surface area contributed by atoms with Crippen molar-refractivity contribution in [2.75, 3.05) is 0 Å². The van der Waals surface area contributed by atoms with E-state index in [1.54, 1.807) is 36.7 Å². The first-order valence-corrected chi connectivity index (χ1v) is 11.4. The number of nitrogens with zero attached hydrogens (tertiary/aromatic N) is 2. The van der Waals surface area contributed by atoms with Gasteiger partial charge in [0.05, 0.1) is 5.69 Å². The van der Waals surface area contributed by atoms with E-state index < -0.39 is 18.0 Å². The van der Waals surface area contributed by atoms with Crippen molar-refractivity contribution < 1.29 is 24.2 Å². The van der Waals surface area contributed by atoms with Crippen LogP contribution in [-0.4, -0.2) is 32.2 Å². The fourth-order valence-electron chi connectivity index (χ4n) is 3.77. The Morgan fingerprint density at radius 2 is 1.94 bits per heavy atom. The number of primary amides is 1. The van der Waals surface area contributed by atoms with Crippen molar-refractivity contribution >= 4 is 11.9 Å². The molecule has 1 unspecified atom stereocenters. The second-order valence-electron chi connectivity index (χ2n) is 8.23. The van der Waals surface area contributed by atoms with Gasteiger partial charge in [-0.25, -0.2) is 0 Å². The molecule has 2 aromatic heterocycles. The van der Waals surface area contributed by atoms with Crippen LogP contribution in [0.3, 0.4) is 0 Å². The van der Waals surface area contributed by atoms with Crippen LogP contribution in [-0.2, 0) is 11.4 Å². The molecule has 184 valence electrons.